The van der Waals surface area contributed by atoms with Crippen molar-refractivity contribution in [2.45, 2.75) is 25.9 Å². The number of nitrogens with one attached hydrogen (secondary N) is 1. The van der Waals surface area contributed by atoms with E-state index in [9.17, 15) is 9.59 Å². The molecule has 4 nitrogen and oxygen atoms in total. The van der Waals surface area contributed by atoms with Crippen molar-refractivity contribution >= 4 is 27.7 Å². The Hall–Kier alpha value is -1.20. The van der Waals surface area contributed by atoms with Crippen LogP contribution in [0.1, 0.15) is 18.9 Å². The molecule has 1 saturated heterocycles. The highest BCUT2D eigenvalue weighted by atomic mass is 79.9. The topological polar surface area (TPSA) is 49.4 Å². The van der Waals surface area contributed by atoms with Crippen molar-refractivity contribution in [1.82, 2.24) is 10.2 Å². The van der Waals surface area contributed by atoms with Gasteiger partial charge in [-0.2, -0.15) is 0 Å². The van der Waals surface area contributed by atoms with Gasteiger partial charge in [-0.1, -0.05) is 41.1 Å². The number of halogens is 1. The predicted molar refractivity (Wildman–Crippen MR) is 71.8 cm³/mol. The average Bonchev–Trinajstić information content (AvgIpc) is 2.31. The Morgan fingerprint density at radius 1 is 1.39 bits per heavy atom. The SMILES string of the molecule is CCC1C(=O)NC(=O)CN1Cc1ccccc1Br. The molecule has 1 aromatic rings. The van der Waals surface area contributed by atoms with E-state index in [2.05, 4.69) is 21.2 Å². The van der Waals surface area contributed by atoms with Gasteiger partial charge in [-0.15, -0.1) is 0 Å². The van der Waals surface area contributed by atoms with Gasteiger partial charge in [-0.25, -0.2) is 0 Å². The zero-order valence-corrected chi connectivity index (χ0v) is 11.7. The second-order valence-corrected chi connectivity index (χ2v) is 5.19. The maximum Gasteiger partial charge on any atom is 0.243 e. The molecule has 0 saturated carbocycles. The molecule has 0 aliphatic carbocycles. The molecular weight excluding hydrogens is 296 g/mol. The molecule has 0 spiro atoms. The van der Waals surface area contributed by atoms with E-state index >= 15 is 0 Å². The van der Waals surface area contributed by atoms with Crippen molar-refractivity contribution in [1.29, 1.82) is 0 Å². The number of benzene rings is 1. The lowest BCUT2D eigenvalue weighted by Crippen LogP contribution is -2.57. The van der Waals surface area contributed by atoms with Crippen LogP contribution < -0.4 is 5.32 Å². The first-order valence-corrected chi connectivity index (χ1v) is 6.72. The lowest BCUT2D eigenvalue weighted by atomic mass is 10.1. The molecule has 1 N–H and O–H groups in total. The molecule has 0 bridgehead atoms. The summed E-state index contributed by atoms with van der Waals surface area (Å²) in [6.07, 6.45) is 0.698. The summed E-state index contributed by atoms with van der Waals surface area (Å²) >= 11 is 3.48. The fourth-order valence-corrected chi connectivity index (χ4v) is 2.59. The standard InChI is InChI=1S/C13H15BrN2O2/c1-2-11-13(18)15-12(17)8-16(11)7-9-5-3-4-6-10(9)14/h3-6,11H,2,7-8H2,1H3,(H,15,17,18). The van der Waals surface area contributed by atoms with Crippen LogP contribution >= 0.6 is 15.9 Å². The van der Waals surface area contributed by atoms with Crippen molar-refractivity contribution in [3.8, 4) is 0 Å². The van der Waals surface area contributed by atoms with Crippen molar-refractivity contribution in [3.63, 3.8) is 0 Å². The molecule has 1 atom stereocenters. The number of nitrogens with zero attached hydrogens (tertiary/aromatic N) is 1. The van der Waals surface area contributed by atoms with Crippen LogP contribution in [-0.4, -0.2) is 29.3 Å². The highest BCUT2D eigenvalue weighted by Gasteiger charge is 2.32. The number of carbonyl (C=O) groups is 2. The maximum absolute atomic E-state index is 11.7. The molecule has 96 valence electrons. The second-order valence-electron chi connectivity index (χ2n) is 4.33. The summed E-state index contributed by atoms with van der Waals surface area (Å²) in [6.45, 7) is 2.82. The van der Waals surface area contributed by atoms with Gasteiger partial charge in [0.2, 0.25) is 11.8 Å². The zero-order valence-electron chi connectivity index (χ0n) is 10.1. The minimum absolute atomic E-state index is 0.194. The van der Waals surface area contributed by atoms with Gasteiger partial charge in [0, 0.05) is 11.0 Å². The Labute approximate surface area is 114 Å². The zero-order chi connectivity index (χ0) is 13.1. The van der Waals surface area contributed by atoms with E-state index in [1.165, 1.54) is 0 Å². The quantitative estimate of drug-likeness (QED) is 0.864. The summed E-state index contributed by atoms with van der Waals surface area (Å²) in [5.74, 6) is -0.419. The lowest BCUT2D eigenvalue weighted by Gasteiger charge is -2.33. The summed E-state index contributed by atoms with van der Waals surface area (Å²) in [6, 6.07) is 7.62. The summed E-state index contributed by atoms with van der Waals surface area (Å²) in [7, 11) is 0. The molecule has 1 aromatic carbocycles. The van der Waals surface area contributed by atoms with Gasteiger partial charge in [0.15, 0.2) is 0 Å². The Morgan fingerprint density at radius 2 is 2.11 bits per heavy atom. The molecule has 1 unspecified atom stereocenters. The van der Waals surface area contributed by atoms with E-state index in [-0.39, 0.29) is 24.4 Å². The van der Waals surface area contributed by atoms with E-state index < -0.39 is 0 Å². The normalized spacial score (nSPS) is 20.9. The van der Waals surface area contributed by atoms with E-state index in [4.69, 9.17) is 0 Å². The largest absolute Gasteiger partial charge is 0.294 e. The van der Waals surface area contributed by atoms with Crippen LogP contribution in [0.15, 0.2) is 28.7 Å². The van der Waals surface area contributed by atoms with Gasteiger partial charge in [-0.05, 0) is 18.1 Å². The molecule has 2 rings (SSSR count). The van der Waals surface area contributed by atoms with E-state index in [0.29, 0.717) is 13.0 Å². The molecule has 1 heterocycles. The third kappa shape index (κ3) is 2.79. The number of hydrogen-bond acceptors (Lipinski definition) is 3. The first kappa shape index (κ1) is 13.2. The number of amides is 2. The summed E-state index contributed by atoms with van der Waals surface area (Å²) in [5, 5.41) is 2.38. The fraction of sp³-hybridized carbons (Fsp3) is 0.385. The summed E-state index contributed by atoms with van der Waals surface area (Å²) < 4.78 is 0.998. The molecule has 1 aliphatic rings. The third-order valence-corrected chi connectivity index (χ3v) is 3.84. The first-order chi connectivity index (χ1) is 8.61. The van der Waals surface area contributed by atoms with Crippen LogP contribution in [-0.2, 0) is 16.1 Å². The van der Waals surface area contributed by atoms with Crippen molar-refractivity contribution in [2.75, 3.05) is 6.54 Å². The molecule has 1 fully saturated rings. The average molecular weight is 311 g/mol. The third-order valence-electron chi connectivity index (χ3n) is 3.07. The van der Waals surface area contributed by atoms with Crippen LogP contribution in [0.2, 0.25) is 0 Å². The summed E-state index contributed by atoms with van der Waals surface area (Å²) in [4.78, 5) is 25.1. The van der Waals surface area contributed by atoms with Gasteiger partial charge >= 0.3 is 0 Å². The van der Waals surface area contributed by atoms with Gasteiger partial charge in [0.05, 0.1) is 12.6 Å². The van der Waals surface area contributed by atoms with Gasteiger partial charge in [0.1, 0.15) is 0 Å². The van der Waals surface area contributed by atoms with Gasteiger partial charge < -0.3 is 0 Å². The van der Waals surface area contributed by atoms with Gasteiger partial charge in [0.25, 0.3) is 0 Å². The number of carbonyl (C=O) groups excluding carboxylic acids is 2. The monoisotopic (exact) mass is 310 g/mol. The van der Waals surface area contributed by atoms with Gasteiger partial charge in [-0.3, -0.25) is 19.8 Å². The Bertz CT molecular complexity index is 476. The Morgan fingerprint density at radius 3 is 2.78 bits per heavy atom. The highest BCUT2D eigenvalue weighted by molar-refractivity contribution is 9.10. The molecule has 2 amide bonds. The van der Waals surface area contributed by atoms with E-state index in [1.54, 1.807) is 0 Å². The molecule has 0 radical (unpaired) electrons. The summed E-state index contributed by atoms with van der Waals surface area (Å²) in [5.41, 5.74) is 1.08. The van der Waals surface area contributed by atoms with Crippen LogP contribution in [0.25, 0.3) is 0 Å². The first-order valence-electron chi connectivity index (χ1n) is 5.93. The molecule has 0 aromatic heterocycles. The smallest absolute Gasteiger partial charge is 0.243 e. The van der Waals surface area contributed by atoms with Crippen molar-refractivity contribution < 1.29 is 9.59 Å². The van der Waals surface area contributed by atoms with E-state index in [0.717, 1.165) is 10.0 Å². The lowest BCUT2D eigenvalue weighted by molar-refractivity contribution is -0.140. The minimum atomic E-state index is -0.227. The van der Waals surface area contributed by atoms with E-state index in [1.807, 2.05) is 36.1 Å². The van der Waals surface area contributed by atoms with Crippen LogP contribution in [0.3, 0.4) is 0 Å². The predicted octanol–water partition coefficient (Wildman–Crippen LogP) is 1.69. The second kappa shape index (κ2) is 5.63. The fourth-order valence-electron chi connectivity index (χ4n) is 2.18. The number of piperazine rings is 1. The van der Waals surface area contributed by atoms with Crippen LogP contribution in [0.5, 0.6) is 0 Å². The molecule has 5 heteroatoms. The van der Waals surface area contributed by atoms with Crippen LogP contribution in [0, 0.1) is 0 Å². The maximum atomic E-state index is 11.7. The van der Waals surface area contributed by atoms with Crippen LogP contribution in [0.4, 0.5) is 0 Å². The number of hydrogen-bond donors (Lipinski definition) is 1. The Kier molecular flexibility index (Phi) is 4.14. The molecule has 1 aliphatic heterocycles. The molecular formula is C13H15BrN2O2. The van der Waals surface area contributed by atoms with Crippen molar-refractivity contribution in [2.24, 2.45) is 0 Å². The number of imide groups is 1. The highest BCUT2D eigenvalue weighted by Crippen LogP contribution is 2.20. The minimum Gasteiger partial charge on any atom is -0.294 e. The molecule has 18 heavy (non-hydrogen) atoms. The van der Waals surface area contributed by atoms with Crippen molar-refractivity contribution in [3.05, 3.63) is 34.3 Å². The Balaban J connectivity index is 2.18. The number of rotatable bonds is 3.